The molecule has 0 bridgehead atoms. The lowest BCUT2D eigenvalue weighted by molar-refractivity contribution is 0.414. The Morgan fingerprint density at radius 1 is 1.35 bits per heavy atom. The number of benzene rings is 1. The second kappa shape index (κ2) is 7.00. The first kappa shape index (κ1) is 16.4. The average molecular weight is 336 g/mol. The van der Waals surface area contributed by atoms with E-state index in [-0.39, 0.29) is 0 Å². The van der Waals surface area contributed by atoms with Crippen LogP contribution in [-0.2, 0) is 6.42 Å². The molecule has 2 aliphatic rings. The summed E-state index contributed by atoms with van der Waals surface area (Å²) < 4.78 is 5.17. The third-order valence-electron chi connectivity index (χ3n) is 5.11. The van der Waals surface area contributed by atoms with Gasteiger partial charge in [0.25, 0.3) is 0 Å². The number of hydrogen-bond donors (Lipinski definition) is 2. The van der Waals surface area contributed by atoms with Crippen LogP contribution in [0.5, 0.6) is 5.75 Å². The van der Waals surface area contributed by atoms with Gasteiger partial charge in [0.15, 0.2) is 5.96 Å². The van der Waals surface area contributed by atoms with Gasteiger partial charge in [0.05, 0.1) is 7.11 Å². The molecule has 0 unspecified atom stereocenters. The van der Waals surface area contributed by atoms with Gasteiger partial charge in [0.1, 0.15) is 5.75 Å². The van der Waals surface area contributed by atoms with Crippen molar-refractivity contribution in [1.29, 1.82) is 0 Å². The summed E-state index contributed by atoms with van der Waals surface area (Å²) in [6.07, 6.45) is 6.46. The molecule has 5 heteroatoms. The number of hydrogen-bond acceptors (Lipinski definition) is 2. The number of guanidine groups is 1. The van der Waals surface area contributed by atoms with Crippen LogP contribution in [0.25, 0.3) is 0 Å². The molecule has 3 rings (SSSR count). The normalized spacial score (nSPS) is 19.3. The molecule has 1 aromatic rings. The van der Waals surface area contributed by atoms with Gasteiger partial charge in [-0.25, -0.2) is 0 Å². The Morgan fingerprint density at radius 3 is 2.70 bits per heavy atom. The maximum Gasteiger partial charge on any atom is 0.191 e. The minimum Gasteiger partial charge on any atom is -0.497 e. The van der Waals surface area contributed by atoms with Crippen molar-refractivity contribution < 1.29 is 4.74 Å². The molecule has 4 nitrogen and oxygen atoms in total. The summed E-state index contributed by atoms with van der Waals surface area (Å²) >= 11 is 6.27. The molecule has 0 heterocycles. The predicted octanol–water partition coefficient (Wildman–Crippen LogP) is 3.25. The van der Waals surface area contributed by atoms with Crippen molar-refractivity contribution in [3.8, 4) is 5.75 Å². The van der Waals surface area contributed by atoms with Gasteiger partial charge in [-0.05, 0) is 61.1 Å². The van der Waals surface area contributed by atoms with Gasteiger partial charge in [-0.15, -0.1) is 0 Å². The molecule has 2 saturated carbocycles. The van der Waals surface area contributed by atoms with Crippen molar-refractivity contribution in [2.45, 2.75) is 32.1 Å². The molecule has 0 atom stereocenters. The largest absolute Gasteiger partial charge is 0.497 e. The van der Waals surface area contributed by atoms with Gasteiger partial charge in [0.2, 0.25) is 0 Å². The van der Waals surface area contributed by atoms with Crippen LogP contribution in [0.3, 0.4) is 0 Å². The number of aliphatic imine (C=N–C) groups is 1. The van der Waals surface area contributed by atoms with Crippen LogP contribution in [0.4, 0.5) is 0 Å². The lowest BCUT2D eigenvalue weighted by Gasteiger charge is -2.18. The van der Waals surface area contributed by atoms with Crippen LogP contribution < -0.4 is 15.4 Å². The summed E-state index contributed by atoms with van der Waals surface area (Å²) in [4.78, 5) is 4.32. The van der Waals surface area contributed by atoms with E-state index in [1.807, 2.05) is 25.2 Å². The van der Waals surface area contributed by atoms with Crippen molar-refractivity contribution in [1.82, 2.24) is 10.6 Å². The van der Waals surface area contributed by atoms with Crippen molar-refractivity contribution >= 4 is 17.6 Å². The zero-order valence-corrected chi connectivity index (χ0v) is 14.7. The Bertz CT molecular complexity index is 580. The summed E-state index contributed by atoms with van der Waals surface area (Å²) in [7, 11) is 3.48. The number of ether oxygens (including phenoxy) is 1. The highest BCUT2D eigenvalue weighted by atomic mass is 35.5. The van der Waals surface area contributed by atoms with Crippen LogP contribution in [0.1, 0.15) is 31.2 Å². The number of methoxy groups -OCH3 is 1. The van der Waals surface area contributed by atoms with Crippen LogP contribution in [0.15, 0.2) is 23.2 Å². The predicted molar refractivity (Wildman–Crippen MR) is 95.5 cm³/mol. The summed E-state index contributed by atoms with van der Waals surface area (Å²) in [5.41, 5.74) is 1.70. The van der Waals surface area contributed by atoms with Gasteiger partial charge in [-0.3, -0.25) is 4.99 Å². The van der Waals surface area contributed by atoms with E-state index in [0.717, 1.165) is 47.7 Å². The fourth-order valence-corrected chi connectivity index (χ4v) is 3.50. The highest BCUT2D eigenvalue weighted by molar-refractivity contribution is 6.31. The molecular weight excluding hydrogens is 310 g/mol. The van der Waals surface area contributed by atoms with E-state index in [9.17, 15) is 0 Å². The maximum absolute atomic E-state index is 6.27. The number of nitrogens with one attached hydrogen (secondary N) is 2. The molecule has 0 aliphatic heterocycles. The topological polar surface area (TPSA) is 45.7 Å². The Labute approximate surface area is 143 Å². The first-order chi connectivity index (χ1) is 11.2. The SMILES string of the molecule is CN=C(NCCc1ccc(OC)cc1Cl)NCC1(C2CC2)CC1. The van der Waals surface area contributed by atoms with E-state index in [4.69, 9.17) is 16.3 Å². The van der Waals surface area contributed by atoms with Crippen LogP contribution >= 0.6 is 11.6 Å². The van der Waals surface area contributed by atoms with E-state index in [1.54, 1.807) is 7.11 Å². The molecule has 0 spiro atoms. The summed E-state index contributed by atoms with van der Waals surface area (Å²) in [6, 6.07) is 5.82. The fraction of sp³-hybridized carbons (Fsp3) is 0.611. The van der Waals surface area contributed by atoms with Crippen LogP contribution in [-0.4, -0.2) is 33.2 Å². The third kappa shape index (κ3) is 4.11. The minimum atomic E-state index is 0.580. The lowest BCUT2D eigenvalue weighted by Crippen LogP contribution is -2.41. The first-order valence-electron chi connectivity index (χ1n) is 8.44. The molecule has 23 heavy (non-hydrogen) atoms. The minimum absolute atomic E-state index is 0.580. The fourth-order valence-electron chi connectivity index (χ4n) is 3.24. The van der Waals surface area contributed by atoms with Gasteiger partial charge >= 0.3 is 0 Å². The molecule has 1 aromatic carbocycles. The molecule has 2 aliphatic carbocycles. The van der Waals surface area contributed by atoms with Crippen molar-refractivity contribution in [2.75, 3.05) is 27.2 Å². The lowest BCUT2D eigenvalue weighted by atomic mass is 10.0. The van der Waals surface area contributed by atoms with E-state index < -0.39 is 0 Å². The molecule has 2 fully saturated rings. The Hall–Kier alpha value is -1.42. The molecule has 0 radical (unpaired) electrons. The zero-order chi connectivity index (χ0) is 16.3. The summed E-state index contributed by atoms with van der Waals surface area (Å²) in [5.74, 6) is 2.65. The number of nitrogens with zero attached hydrogens (tertiary/aromatic N) is 1. The highest BCUT2D eigenvalue weighted by Gasteiger charge is 2.53. The third-order valence-corrected chi connectivity index (χ3v) is 5.47. The average Bonchev–Trinajstić information content (AvgIpc) is 3.45. The summed E-state index contributed by atoms with van der Waals surface area (Å²) in [6.45, 7) is 1.86. The number of rotatable bonds is 7. The van der Waals surface area contributed by atoms with Crippen LogP contribution in [0.2, 0.25) is 5.02 Å². The van der Waals surface area contributed by atoms with E-state index >= 15 is 0 Å². The van der Waals surface area contributed by atoms with Gasteiger partial charge in [0, 0.05) is 25.2 Å². The smallest absolute Gasteiger partial charge is 0.191 e. The molecule has 126 valence electrons. The Morgan fingerprint density at radius 2 is 2.13 bits per heavy atom. The van der Waals surface area contributed by atoms with Crippen LogP contribution in [0, 0.1) is 11.3 Å². The first-order valence-corrected chi connectivity index (χ1v) is 8.81. The second-order valence-corrected chi connectivity index (χ2v) is 7.10. The number of halogens is 1. The molecule has 0 aromatic heterocycles. The standard InChI is InChI=1S/C18H26ClN3O/c1-20-17(22-12-18(8-9-18)14-4-5-14)21-10-7-13-3-6-15(23-2)11-16(13)19/h3,6,11,14H,4-5,7-10,12H2,1-2H3,(H2,20,21,22). The molecule has 2 N–H and O–H groups in total. The molecular formula is C18H26ClN3O. The molecule has 0 saturated heterocycles. The monoisotopic (exact) mass is 335 g/mol. The zero-order valence-electron chi connectivity index (χ0n) is 14.0. The van der Waals surface area contributed by atoms with Gasteiger partial charge in [-0.2, -0.15) is 0 Å². The van der Waals surface area contributed by atoms with Crippen molar-refractivity contribution in [2.24, 2.45) is 16.3 Å². The molecule has 0 amide bonds. The Kier molecular flexibility index (Phi) is 5.00. The quantitative estimate of drug-likeness (QED) is 0.594. The van der Waals surface area contributed by atoms with Gasteiger partial charge in [-0.1, -0.05) is 17.7 Å². The maximum atomic E-state index is 6.27. The van der Waals surface area contributed by atoms with E-state index in [2.05, 4.69) is 15.6 Å². The summed E-state index contributed by atoms with van der Waals surface area (Å²) in [5, 5.41) is 7.63. The van der Waals surface area contributed by atoms with E-state index in [0.29, 0.717) is 5.41 Å². The van der Waals surface area contributed by atoms with Crippen molar-refractivity contribution in [3.05, 3.63) is 28.8 Å². The van der Waals surface area contributed by atoms with E-state index in [1.165, 1.54) is 25.7 Å². The Balaban J connectivity index is 1.43. The van der Waals surface area contributed by atoms with Crippen molar-refractivity contribution in [3.63, 3.8) is 0 Å². The second-order valence-electron chi connectivity index (χ2n) is 6.70. The van der Waals surface area contributed by atoms with Gasteiger partial charge < -0.3 is 15.4 Å². The highest BCUT2D eigenvalue weighted by Crippen LogP contribution is 2.60.